The van der Waals surface area contributed by atoms with Gasteiger partial charge in [0.1, 0.15) is 0 Å². The molecule has 0 amide bonds. The van der Waals surface area contributed by atoms with Crippen molar-refractivity contribution in [1.29, 1.82) is 0 Å². The van der Waals surface area contributed by atoms with Crippen LogP contribution in [0.15, 0.2) is 0 Å². The minimum absolute atomic E-state index is 0.583. The average molecular weight is 101 g/mol. The summed E-state index contributed by atoms with van der Waals surface area (Å²) in [5.41, 5.74) is 0. The van der Waals surface area contributed by atoms with Crippen LogP contribution in [0.5, 0.6) is 0 Å². The minimum atomic E-state index is 0.583. The van der Waals surface area contributed by atoms with Crippen LogP contribution in [0.25, 0.3) is 0 Å². The maximum absolute atomic E-state index is 4.71. The first-order valence-corrected chi connectivity index (χ1v) is 2.72. The van der Waals surface area contributed by atoms with Crippen LogP contribution in [0.3, 0.4) is 0 Å². The summed E-state index contributed by atoms with van der Waals surface area (Å²) < 4.78 is 4.71. The number of ether oxygens (including phenoxy) is 1. The fraction of sp³-hybridized carbons (Fsp3) is 1.00. The van der Waals surface area contributed by atoms with Crippen LogP contribution in [0, 0.1) is 0 Å². The Labute approximate surface area is 43.9 Å². The summed E-state index contributed by atoms with van der Waals surface area (Å²) in [7, 11) is 0. The molecule has 0 aromatic carbocycles. The summed E-state index contributed by atoms with van der Waals surface area (Å²) in [6.07, 6.45) is 0.583. The van der Waals surface area contributed by atoms with Crippen molar-refractivity contribution in [3.05, 3.63) is 0 Å². The van der Waals surface area contributed by atoms with Gasteiger partial charge in [0.05, 0.1) is 12.7 Å². The molecule has 2 heteroatoms. The van der Waals surface area contributed by atoms with E-state index >= 15 is 0 Å². The Bertz CT molecular complexity index is 47.3. The van der Waals surface area contributed by atoms with Gasteiger partial charge < -0.3 is 10.1 Å². The Morgan fingerprint density at radius 2 is 1.86 bits per heavy atom. The lowest BCUT2D eigenvalue weighted by Gasteiger charge is -1.50. The van der Waals surface area contributed by atoms with Gasteiger partial charge in [-0.2, -0.15) is 0 Å². The largest absolute Gasteiger partial charge is 0.373 e. The second-order valence-electron chi connectivity index (χ2n) is 1.89. The van der Waals surface area contributed by atoms with Crippen LogP contribution in [0.4, 0.5) is 0 Å². The molecule has 0 aromatic heterocycles. The van der Waals surface area contributed by atoms with Crippen LogP contribution in [0.1, 0.15) is 6.92 Å². The van der Waals surface area contributed by atoms with Gasteiger partial charge >= 0.3 is 0 Å². The first-order chi connectivity index (χ1) is 3.39. The number of rotatable bonds is 0. The number of hydrogen-bond acceptors (Lipinski definition) is 2. The Morgan fingerprint density at radius 3 is 1.86 bits per heavy atom. The van der Waals surface area contributed by atoms with Crippen LogP contribution < -0.4 is 5.32 Å². The van der Waals surface area contributed by atoms with Gasteiger partial charge in [0.15, 0.2) is 0 Å². The molecule has 1 atom stereocenters. The average Bonchev–Trinajstić information content (AvgIpc) is 2.27. The molecule has 42 valence electrons. The van der Waals surface area contributed by atoms with Crippen LogP contribution in [-0.4, -0.2) is 25.8 Å². The molecule has 0 bridgehead atoms. The predicted molar refractivity (Wildman–Crippen MR) is 28.3 cm³/mol. The second-order valence-corrected chi connectivity index (χ2v) is 1.89. The van der Waals surface area contributed by atoms with Gasteiger partial charge in [0.25, 0.3) is 0 Å². The first kappa shape index (κ1) is 5.06. The lowest BCUT2D eigenvalue weighted by atomic mass is 10.6. The van der Waals surface area contributed by atoms with Gasteiger partial charge in [-0.25, -0.2) is 0 Å². The number of nitrogens with one attached hydrogen (secondary N) is 1. The molecule has 0 radical (unpaired) electrons. The molecule has 2 saturated heterocycles. The summed E-state index contributed by atoms with van der Waals surface area (Å²) in [5, 5.41) is 3.00. The van der Waals surface area contributed by atoms with Crippen LogP contribution in [-0.2, 0) is 4.74 Å². The van der Waals surface area contributed by atoms with E-state index in [2.05, 4.69) is 12.2 Å². The third-order valence-electron chi connectivity index (χ3n) is 0.750. The van der Waals surface area contributed by atoms with E-state index in [1.807, 2.05) is 0 Å². The van der Waals surface area contributed by atoms with Crippen molar-refractivity contribution in [2.75, 3.05) is 19.7 Å². The molecule has 0 aliphatic carbocycles. The van der Waals surface area contributed by atoms with Crippen molar-refractivity contribution in [3.63, 3.8) is 0 Å². The molecular weight excluding hydrogens is 90.1 g/mol. The Balaban J connectivity index is 0.0000000729. The van der Waals surface area contributed by atoms with E-state index in [9.17, 15) is 0 Å². The first-order valence-electron chi connectivity index (χ1n) is 2.72. The highest BCUT2D eigenvalue weighted by Gasteiger charge is 2.13. The summed E-state index contributed by atoms with van der Waals surface area (Å²) in [6, 6.07) is 0. The Morgan fingerprint density at radius 1 is 1.57 bits per heavy atom. The summed E-state index contributed by atoms with van der Waals surface area (Å²) in [5.74, 6) is 0. The quantitative estimate of drug-likeness (QED) is 0.436. The minimum Gasteiger partial charge on any atom is -0.373 e. The zero-order chi connectivity index (χ0) is 5.11. The van der Waals surface area contributed by atoms with E-state index < -0.39 is 0 Å². The molecule has 1 unspecified atom stereocenters. The van der Waals surface area contributed by atoms with Gasteiger partial charge in [-0.1, -0.05) is 0 Å². The highest BCUT2D eigenvalue weighted by atomic mass is 16.6. The van der Waals surface area contributed by atoms with Crippen LogP contribution in [0.2, 0.25) is 0 Å². The summed E-state index contributed by atoms with van der Waals surface area (Å²) in [6.45, 7) is 5.54. The maximum atomic E-state index is 4.71. The Kier molecular flexibility index (Phi) is 1.65. The van der Waals surface area contributed by atoms with E-state index in [-0.39, 0.29) is 0 Å². The summed E-state index contributed by atoms with van der Waals surface area (Å²) >= 11 is 0. The van der Waals surface area contributed by atoms with E-state index in [0.717, 1.165) is 6.61 Å². The molecule has 0 spiro atoms. The second kappa shape index (κ2) is 2.28. The van der Waals surface area contributed by atoms with E-state index in [4.69, 9.17) is 4.74 Å². The zero-order valence-electron chi connectivity index (χ0n) is 4.61. The Hall–Kier alpha value is -0.0800. The topological polar surface area (TPSA) is 34.5 Å². The van der Waals surface area contributed by atoms with Gasteiger partial charge in [-0.3, -0.25) is 0 Å². The fourth-order valence-corrected chi connectivity index (χ4v) is 0.0962. The van der Waals surface area contributed by atoms with E-state index in [0.29, 0.717) is 6.10 Å². The lowest BCUT2D eigenvalue weighted by molar-refractivity contribution is 0.423. The van der Waals surface area contributed by atoms with Crippen molar-refractivity contribution >= 4 is 0 Å². The number of hydrogen-bond donors (Lipinski definition) is 1. The third-order valence-corrected chi connectivity index (χ3v) is 0.750. The van der Waals surface area contributed by atoms with Gasteiger partial charge in [0.2, 0.25) is 0 Å². The molecule has 0 saturated carbocycles. The standard InChI is InChI=1S/C3H6O.C2H5N/c1-3-2-4-3;1-2-3-1/h3H,2H2,1H3;3H,1-2H2. The third kappa shape index (κ3) is 5.92. The smallest absolute Gasteiger partial charge is 0.0781 e. The highest BCUT2D eigenvalue weighted by Crippen LogP contribution is 2.04. The summed E-state index contributed by atoms with van der Waals surface area (Å²) in [4.78, 5) is 0. The molecule has 2 fully saturated rings. The highest BCUT2D eigenvalue weighted by molar-refractivity contribution is 4.58. The predicted octanol–water partition coefficient (Wildman–Crippen LogP) is -0.00530. The van der Waals surface area contributed by atoms with Gasteiger partial charge in [-0.15, -0.1) is 0 Å². The SMILES string of the molecule is C1CN1.CC1CO1. The van der Waals surface area contributed by atoms with Crippen molar-refractivity contribution in [2.45, 2.75) is 13.0 Å². The molecule has 2 aliphatic rings. The fourth-order valence-electron chi connectivity index (χ4n) is 0.0962. The molecule has 7 heavy (non-hydrogen) atoms. The monoisotopic (exact) mass is 101 g/mol. The van der Waals surface area contributed by atoms with Crippen molar-refractivity contribution in [2.24, 2.45) is 0 Å². The molecule has 2 aliphatic heterocycles. The van der Waals surface area contributed by atoms with Gasteiger partial charge in [-0.05, 0) is 6.92 Å². The number of epoxide rings is 1. The molecule has 2 heterocycles. The normalized spacial score (nSPS) is 33.0. The maximum Gasteiger partial charge on any atom is 0.0781 e. The van der Waals surface area contributed by atoms with E-state index in [1.54, 1.807) is 0 Å². The van der Waals surface area contributed by atoms with Gasteiger partial charge in [0, 0.05) is 13.1 Å². The zero-order valence-corrected chi connectivity index (χ0v) is 4.61. The van der Waals surface area contributed by atoms with Crippen LogP contribution >= 0.6 is 0 Å². The molecule has 2 rings (SSSR count). The lowest BCUT2D eigenvalue weighted by Crippen LogP contribution is -1.60. The molecule has 1 N–H and O–H groups in total. The molecule has 2 nitrogen and oxygen atoms in total. The van der Waals surface area contributed by atoms with E-state index in [1.165, 1.54) is 13.1 Å². The van der Waals surface area contributed by atoms with Crippen molar-refractivity contribution in [1.82, 2.24) is 5.32 Å². The molecule has 0 aromatic rings. The molecular formula is C5H11NO. The van der Waals surface area contributed by atoms with Crippen molar-refractivity contribution < 1.29 is 4.74 Å². The van der Waals surface area contributed by atoms with Crippen molar-refractivity contribution in [3.8, 4) is 0 Å².